The van der Waals surface area contributed by atoms with E-state index in [4.69, 9.17) is 4.74 Å². The summed E-state index contributed by atoms with van der Waals surface area (Å²) in [5.41, 5.74) is 2.09. The minimum Gasteiger partial charge on any atom is -0.444 e. The Morgan fingerprint density at radius 1 is 0.947 bits per heavy atom. The number of carbonyl (C=O) groups is 3. The number of nitrogens with zero attached hydrogens (tertiary/aromatic N) is 1. The fourth-order valence-corrected chi connectivity index (χ4v) is 4.46. The summed E-state index contributed by atoms with van der Waals surface area (Å²) in [6.45, 7) is 19.8. The molecule has 7 heteroatoms. The Hall–Kier alpha value is -2.57. The molecule has 2 N–H and O–H groups in total. The predicted molar refractivity (Wildman–Crippen MR) is 155 cm³/mol. The van der Waals surface area contributed by atoms with E-state index in [0.29, 0.717) is 13.0 Å². The van der Waals surface area contributed by atoms with Crippen molar-refractivity contribution in [3.05, 3.63) is 34.9 Å². The second-order valence-corrected chi connectivity index (χ2v) is 12.2. The molecule has 0 bridgehead atoms. The Bertz CT molecular complexity index is 905. The molecule has 0 aliphatic carbocycles. The molecule has 0 aliphatic rings. The van der Waals surface area contributed by atoms with Crippen molar-refractivity contribution in [2.45, 2.75) is 131 Å². The molecule has 1 rings (SSSR count). The third kappa shape index (κ3) is 11.9. The van der Waals surface area contributed by atoms with E-state index >= 15 is 0 Å². The predicted octanol–water partition coefficient (Wildman–Crippen LogP) is 6.61. The van der Waals surface area contributed by atoms with Crippen LogP contribution in [0.1, 0.15) is 117 Å². The van der Waals surface area contributed by atoms with Crippen LogP contribution in [-0.4, -0.2) is 47.0 Å². The lowest BCUT2D eigenvalue weighted by molar-refractivity contribution is -0.143. The normalized spacial score (nSPS) is 13.3. The zero-order valence-electron chi connectivity index (χ0n) is 25.6. The van der Waals surface area contributed by atoms with Crippen LogP contribution in [0.4, 0.5) is 4.79 Å². The summed E-state index contributed by atoms with van der Waals surface area (Å²) in [5.74, 6) is -0.324. The second kappa shape index (κ2) is 15.7. The van der Waals surface area contributed by atoms with E-state index in [1.54, 1.807) is 25.7 Å². The molecule has 0 heterocycles. The third-order valence-electron chi connectivity index (χ3n) is 6.20. The van der Waals surface area contributed by atoms with Crippen LogP contribution in [0.5, 0.6) is 0 Å². The average molecular weight is 532 g/mol. The molecule has 216 valence electrons. The summed E-state index contributed by atoms with van der Waals surface area (Å²) in [4.78, 5) is 42.4. The van der Waals surface area contributed by atoms with Gasteiger partial charge >= 0.3 is 6.09 Å². The van der Waals surface area contributed by atoms with Crippen LogP contribution < -0.4 is 10.6 Å². The molecule has 0 fully saturated rings. The first-order chi connectivity index (χ1) is 17.7. The van der Waals surface area contributed by atoms with Crippen LogP contribution in [0.15, 0.2) is 18.2 Å². The monoisotopic (exact) mass is 531 g/mol. The number of aryl methyl sites for hydroxylation is 2. The first-order valence-electron chi connectivity index (χ1n) is 14.3. The van der Waals surface area contributed by atoms with Crippen molar-refractivity contribution in [1.82, 2.24) is 15.5 Å². The van der Waals surface area contributed by atoms with E-state index in [2.05, 4.69) is 17.6 Å². The molecule has 0 aromatic heterocycles. The maximum Gasteiger partial charge on any atom is 0.408 e. The van der Waals surface area contributed by atoms with Crippen molar-refractivity contribution in [2.24, 2.45) is 5.92 Å². The minimum atomic E-state index is -0.806. The summed E-state index contributed by atoms with van der Waals surface area (Å²) in [6, 6.07) is 4.32. The van der Waals surface area contributed by atoms with E-state index in [9.17, 15) is 14.4 Å². The number of unbranched alkanes of at least 4 members (excludes halogenated alkanes) is 4. The summed E-state index contributed by atoms with van der Waals surface area (Å²) < 4.78 is 5.49. The number of rotatable bonds is 14. The second-order valence-electron chi connectivity index (χ2n) is 12.2. The summed E-state index contributed by atoms with van der Waals surface area (Å²) in [7, 11) is 0. The van der Waals surface area contributed by atoms with Gasteiger partial charge in [0.05, 0.1) is 0 Å². The van der Waals surface area contributed by atoms with Gasteiger partial charge in [0.2, 0.25) is 11.8 Å². The molecule has 1 aromatic carbocycles. The zero-order valence-corrected chi connectivity index (χ0v) is 25.6. The lowest BCUT2D eigenvalue weighted by Gasteiger charge is -2.36. The van der Waals surface area contributed by atoms with Gasteiger partial charge in [0, 0.05) is 12.6 Å². The Morgan fingerprint density at radius 2 is 1.58 bits per heavy atom. The van der Waals surface area contributed by atoms with Gasteiger partial charge in [0.25, 0.3) is 0 Å². The third-order valence-corrected chi connectivity index (χ3v) is 6.20. The van der Waals surface area contributed by atoms with E-state index in [1.807, 2.05) is 59.7 Å². The highest BCUT2D eigenvalue weighted by molar-refractivity contribution is 5.92. The Balaban J connectivity index is 3.54. The molecule has 7 nitrogen and oxygen atoms in total. The van der Waals surface area contributed by atoms with Gasteiger partial charge in [-0.1, -0.05) is 70.2 Å². The molecule has 0 spiro atoms. The first kappa shape index (κ1) is 33.5. The fraction of sp³-hybridized carbons (Fsp3) is 0.710. The molecule has 3 amide bonds. The highest BCUT2D eigenvalue weighted by Gasteiger charge is 2.37. The summed E-state index contributed by atoms with van der Waals surface area (Å²) in [5, 5.41) is 5.86. The molecule has 2 atom stereocenters. The van der Waals surface area contributed by atoms with E-state index in [-0.39, 0.29) is 23.8 Å². The quantitative estimate of drug-likeness (QED) is 0.265. The van der Waals surface area contributed by atoms with Crippen molar-refractivity contribution in [3.63, 3.8) is 0 Å². The number of ether oxygens (including phenoxy) is 1. The van der Waals surface area contributed by atoms with Gasteiger partial charge in [-0.2, -0.15) is 0 Å². The van der Waals surface area contributed by atoms with Crippen LogP contribution in [0, 0.1) is 19.8 Å². The number of alkyl carbamates (subject to hydrolysis) is 1. The van der Waals surface area contributed by atoms with Crippen LogP contribution in [0.2, 0.25) is 0 Å². The van der Waals surface area contributed by atoms with Crippen molar-refractivity contribution >= 4 is 17.9 Å². The van der Waals surface area contributed by atoms with Crippen molar-refractivity contribution in [1.29, 1.82) is 0 Å². The number of amides is 3. The van der Waals surface area contributed by atoms with E-state index in [1.165, 1.54) is 0 Å². The highest BCUT2D eigenvalue weighted by atomic mass is 16.6. The number of hydrogen-bond acceptors (Lipinski definition) is 4. The lowest BCUT2D eigenvalue weighted by Crippen LogP contribution is -2.54. The smallest absolute Gasteiger partial charge is 0.408 e. The Morgan fingerprint density at radius 3 is 2.13 bits per heavy atom. The number of hydrogen-bond donors (Lipinski definition) is 2. The maximum absolute atomic E-state index is 14.3. The van der Waals surface area contributed by atoms with E-state index in [0.717, 1.165) is 48.8 Å². The molecule has 0 radical (unpaired) electrons. The SMILES string of the molecule is CCCCCCCN(C(=O)C(CC(C)C)NC(=O)OC(C)(C)C)C(C(=O)NC(C)C)c1cc(C)ccc1C. The number of benzene rings is 1. The van der Waals surface area contributed by atoms with Gasteiger partial charge in [-0.05, 0) is 78.4 Å². The van der Waals surface area contributed by atoms with E-state index < -0.39 is 23.8 Å². The topological polar surface area (TPSA) is 87.7 Å². The van der Waals surface area contributed by atoms with Gasteiger partial charge in [-0.3, -0.25) is 9.59 Å². The van der Waals surface area contributed by atoms with Crippen molar-refractivity contribution < 1.29 is 19.1 Å². The van der Waals surface area contributed by atoms with Gasteiger partial charge in [-0.25, -0.2) is 4.79 Å². The minimum absolute atomic E-state index is 0.0806. The van der Waals surface area contributed by atoms with Gasteiger partial charge in [0.1, 0.15) is 17.7 Å². The molecule has 0 aliphatic heterocycles. The standard InChI is InChI=1S/C31H53N3O4/c1-11-12-13-14-15-18-34(29(36)26(19-21(2)3)33-30(37)38-31(8,9)10)27(28(35)32-22(4)5)25-20-23(6)16-17-24(25)7/h16-17,20-22,26-27H,11-15,18-19H2,1-10H3,(H,32,35)(H,33,37). The largest absolute Gasteiger partial charge is 0.444 e. The molecule has 2 unspecified atom stereocenters. The number of nitrogens with one attached hydrogen (secondary N) is 2. The fourth-order valence-electron chi connectivity index (χ4n) is 4.46. The lowest BCUT2D eigenvalue weighted by atomic mass is 9.94. The van der Waals surface area contributed by atoms with Gasteiger partial charge in [0.15, 0.2) is 0 Å². The molecule has 38 heavy (non-hydrogen) atoms. The molecule has 0 saturated carbocycles. The Labute approximate surface area is 231 Å². The highest BCUT2D eigenvalue weighted by Crippen LogP contribution is 2.28. The molecular weight excluding hydrogens is 478 g/mol. The van der Waals surface area contributed by atoms with Crippen molar-refractivity contribution in [2.75, 3.05) is 6.54 Å². The van der Waals surface area contributed by atoms with Crippen LogP contribution >= 0.6 is 0 Å². The maximum atomic E-state index is 14.3. The molecule has 1 aromatic rings. The molecule has 0 saturated heterocycles. The molecular formula is C31H53N3O4. The van der Waals surface area contributed by atoms with Crippen LogP contribution in [-0.2, 0) is 14.3 Å². The zero-order chi connectivity index (χ0) is 29.0. The summed E-state index contributed by atoms with van der Waals surface area (Å²) in [6.07, 6.45) is 4.90. The van der Waals surface area contributed by atoms with Gasteiger partial charge < -0.3 is 20.3 Å². The van der Waals surface area contributed by atoms with Crippen LogP contribution in [0.25, 0.3) is 0 Å². The average Bonchev–Trinajstić information content (AvgIpc) is 2.77. The van der Waals surface area contributed by atoms with Crippen LogP contribution in [0.3, 0.4) is 0 Å². The van der Waals surface area contributed by atoms with Crippen molar-refractivity contribution in [3.8, 4) is 0 Å². The number of carbonyl (C=O) groups excluding carboxylic acids is 3. The summed E-state index contributed by atoms with van der Waals surface area (Å²) >= 11 is 0. The van der Waals surface area contributed by atoms with Gasteiger partial charge in [-0.15, -0.1) is 0 Å². The Kier molecular flexibility index (Phi) is 13.9. The first-order valence-corrected chi connectivity index (χ1v) is 14.3.